The molecule has 1 amide bonds. The van der Waals surface area contributed by atoms with Crippen LogP contribution in [0, 0.1) is 0 Å². The number of rotatable bonds is 22. The molecule has 4 aromatic rings. The Bertz CT molecular complexity index is 2470. The normalized spacial score (nSPS) is 17.5. The number of carboxylic acid groups (broad SMARTS) is 3. The minimum atomic E-state index is -1.03. The van der Waals surface area contributed by atoms with Crippen LogP contribution in [0.25, 0.3) is 17.0 Å². The molecule has 1 atom stereocenters. The van der Waals surface area contributed by atoms with Crippen molar-refractivity contribution in [2.45, 2.75) is 56.0 Å². The van der Waals surface area contributed by atoms with Gasteiger partial charge >= 0.3 is 17.9 Å². The number of anilines is 2. The minimum absolute atomic E-state index is 0.0498. The lowest BCUT2D eigenvalue weighted by Crippen LogP contribution is -2.52. The fourth-order valence-corrected chi connectivity index (χ4v) is 10.5. The summed E-state index contributed by atoms with van der Waals surface area (Å²) in [4.78, 5) is 59.2. The van der Waals surface area contributed by atoms with E-state index in [1.807, 2.05) is 40.9 Å². The summed E-state index contributed by atoms with van der Waals surface area (Å²) >= 11 is 1.81. The zero-order valence-electron chi connectivity index (χ0n) is 41.0. The average molecular weight is 981 g/mol. The van der Waals surface area contributed by atoms with Gasteiger partial charge in [-0.1, -0.05) is 54.7 Å². The van der Waals surface area contributed by atoms with Crippen molar-refractivity contribution in [3.63, 3.8) is 0 Å². The van der Waals surface area contributed by atoms with Crippen LogP contribution < -0.4 is 14.8 Å². The second-order valence-electron chi connectivity index (χ2n) is 19.2. The number of carbonyl (C=O) groups is 4. The zero-order chi connectivity index (χ0) is 50.2. The monoisotopic (exact) mass is 981 g/mol. The zero-order valence-corrected chi connectivity index (χ0v) is 41.9. The molecule has 1 fully saturated rings. The van der Waals surface area contributed by atoms with E-state index in [1.54, 1.807) is 14.7 Å². The first kappa shape index (κ1) is 53.5. The number of hydrogen-bond acceptors (Lipinski definition) is 11. The van der Waals surface area contributed by atoms with Crippen molar-refractivity contribution in [3.05, 3.63) is 114 Å². The molecule has 2 aliphatic heterocycles. The van der Waals surface area contributed by atoms with Crippen LogP contribution in [0.5, 0.6) is 0 Å². The Labute approximate surface area is 416 Å². The molecular weight excluding hydrogens is 909 g/mol. The van der Waals surface area contributed by atoms with Gasteiger partial charge in [0.05, 0.1) is 81.6 Å². The first-order valence-electron chi connectivity index (χ1n) is 24.3. The molecular formula is C53H72N8O8S+2. The van der Waals surface area contributed by atoms with Crippen LogP contribution in [0.15, 0.2) is 107 Å². The number of aliphatic carboxylic acids is 3. The van der Waals surface area contributed by atoms with Gasteiger partial charge in [0, 0.05) is 88.0 Å². The lowest BCUT2D eigenvalue weighted by molar-refractivity contribution is -0.892. The molecule has 0 aliphatic carbocycles. The van der Waals surface area contributed by atoms with Crippen LogP contribution in [-0.2, 0) is 32.1 Å². The van der Waals surface area contributed by atoms with E-state index in [0.717, 1.165) is 55.4 Å². The van der Waals surface area contributed by atoms with Gasteiger partial charge < -0.3 is 35.1 Å². The molecule has 3 heterocycles. The number of aromatic nitrogens is 1. The largest absolute Gasteiger partial charge is 0.512 e. The van der Waals surface area contributed by atoms with Crippen LogP contribution in [-0.4, -0.2) is 181 Å². The number of quaternary nitrogens is 1. The molecule has 16 nitrogen and oxygen atoms in total. The summed E-state index contributed by atoms with van der Waals surface area (Å²) < 4.78 is 3.28. The number of aliphatic hydroxyl groups is 1. The summed E-state index contributed by atoms with van der Waals surface area (Å²) in [5, 5.41) is 44.8. The summed E-state index contributed by atoms with van der Waals surface area (Å²) in [7, 11) is 6.69. The number of nitrogens with one attached hydrogen (secondary N) is 1. The van der Waals surface area contributed by atoms with Crippen molar-refractivity contribution < 1.29 is 48.7 Å². The smallest absolute Gasteiger partial charge is 0.317 e. The Morgan fingerprint density at radius 1 is 0.743 bits per heavy atom. The van der Waals surface area contributed by atoms with Gasteiger partial charge in [0.25, 0.3) is 0 Å². The molecule has 0 saturated carbocycles. The van der Waals surface area contributed by atoms with E-state index in [4.69, 9.17) is 0 Å². The number of aryl methyl sites for hydroxylation is 1. The third kappa shape index (κ3) is 16.7. The van der Waals surface area contributed by atoms with Gasteiger partial charge in [-0.15, -0.1) is 0 Å². The maximum Gasteiger partial charge on any atom is 0.317 e. The van der Waals surface area contributed by atoms with E-state index in [0.29, 0.717) is 44.7 Å². The Morgan fingerprint density at radius 3 is 2.03 bits per heavy atom. The molecule has 3 aromatic carbocycles. The quantitative estimate of drug-likeness (QED) is 0.0276. The highest BCUT2D eigenvalue weighted by atomic mass is 32.2. The number of unbranched alkanes of at least 4 members (excludes halogenated alkanes) is 2. The fourth-order valence-electron chi connectivity index (χ4n) is 9.43. The first-order chi connectivity index (χ1) is 33.5. The third-order valence-electron chi connectivity index (χ3n) is 13.2. The number of aliphatic hydroxyl groups excluding tert-OH is 1. The van der Waals surface area contributed by atoms with Gasteiger partial charge in [-0.2, -0.15) is 4.57 Å². The van der Waals surface area contributed by atoms with Crippen molar-refractivity contribution in [2.24, 2.45) is 0 Å². The molecule has 2 aliphatic rings. The van der Waals surface area contributed by atoms with Gasteiger partial charge in [0.2, 0.25) is 11.4 Å². The molecule has 1 unspecified atom stereocenters. The average Bonchev–Trinajstić information content (AvgIpc) is 3.62. The van der Waals surface area contributed by atoms with Crippen molar-refractivity contribution in [1.29, 1.82) is 0 Å². The summed E-state index contributed by atoms with van der Waals surface area (Å²) in [5.74, 6) is -3.18. The molecule has 0 spiro atoms. The molecule has 376 valence electrons. The van der Waals surface area contributed by atoms with Gasteiger partial charge in [-0.25, -0.2) is 0 Å². The Morgan fingerprint density at radius 2 is 1.36 bits per heavy atom. The summed E-state index contributed by atoms with van der Waals surface area (Å²) in [6.07, 6.45) is 9.19. The molecule has 17 heteroatoms. The number of carbonyl (C=O) groups excluding carboxylic acids is 1. The second-order valence-corrected chi connectivity index (χ2v) is 20.3. The highest BCUT2D eigenvalue weighted by Gasteiger charge is 2.28. The number of benzene rings is 3. The molecule has 70 heavy (non-hydrogen) atoms. The molecule has 0 radical (unpaired) electrons. The predicted octanol–water partition coefficient (Wildman–Crippen LogP) is 5.79. The van der Waals surface area contributed by atoms with E-state index >= 15 is 0 Å². The number of nitrogens with zero attached hydrogens (tertiary/aromatic N) is 7. The summed E-state index contributed by atoms with van der Waals surface area (Å²) in [6.45, 7) is 8.12. The van der Waals surface area contributed by atoms with E-state index in [1.165, 1.54) is 32.1 Å². The Balaban J connectivity index is 0.972. The number of amides is 1. The van der Waals surface area contributed by atoms with E-state index in [-0.39, 0.29) is 63.5 Å². The molecule has 1 saturated heterocycles. The van der Waals surface area contributed by atoms with Gasteiger partial charge in [-0.05, 0) is 73.2 Å². The fraction of sp³-hybridized carbons (Fsp3) is 0.453. The lowest BCUT2D eigenvalue weighted by atomic mass is 10.0. The standard InChI is InChI=1S/C53H70N8O8S/c1-40(62)35-60-30-29-57(38-52(66)67)26-25-56(37-51(64)65)27-28-58(39-53(68)69)36-44(60)33-41-18-20-43(21-19-41)54-49(63)17-6-5-11-31-61(3,4)32-12-23-59-24-22-42(45-13-7-8-14-46(45)59)34-50-55(2)47-15-9-10-16-48(47)70-50/h7-10,13-16,18-22,24,34,44H,1,5-6,11-12,17,23,25-33,35-39H2,2-4H3,(H3-2,54,62,63,64,65,66,67,68,69)/p+2. The third-order valence-corrected chi connectivity index (χ3v) is 14.3. The maximum absolute atomic E-state index is 13.0. The summed E-state index contributed by atoms with van der Waals surface area (Å²) in [5.41, 5.74) is 5.27. The van der Waals surface area contributed by atoms with Crippen molar-refractivity contribution in [1.82, 2.24) is 19.6 Å². The maximum atomic E-state index is 13.0. The highest BCUT2D eigenvalue weighted by Crippen LogP contribution is 2.45. The van der Waals surface area contributed by atoms with Crippen LogP contribution >= 0.6 is 11.8 Å². The van der Waals surface area contributed by atoms with Crippen LogP contribution in [0.1, 0.15) is 43.2 Å². The highest BCUT2D eigenvalue weighted by molar-refractivity contribution is 8.03. The van der Waals surface area contributed by atoms with Gasteiger partial charge in [0.15, 0.2) is 12.7 Å². The number of carboxylic acids is 3. The number of fused-ring (bicyclic) bond motifs is 2. The van der Waals surface area contributed by atoms with E-state index < -0.39 is 17.9 Å². The summed E-state index contributed by atoms with van der Waals surface area (Å²) in [6, 6.07) is 26.6. The predicted molar refractivity (Wildman–Crippen MR) is 276 cm³/mol. The van der Waals surface area contributed by atoms with E-state index in [9.17, 15) is 39.6 Å². The molecule has 1 aromatic heterocycles. The Kier molecular flexibility index (Phi) is 19.8. The second kappa shape index (κ2) is 25.9. The molecule has 5 N–H and O–H groups in total. The molecule has 6 rings (SSSR count). The van der Waals surface area contributed by atoms with E-state index in [2.05, 4.69) is 109 Å². The number of thioether (sulfide) groups is 1. The van der Waals surface area contributed by atoms with Crippen LogP contribution in [0.3, 0.4) is 0 Å². The first-order valence-corrected chi connectivity index (χ1v) is 25.1. The van der Waals surface area contributed by atoms with Crippen LogP contribution in [0.2, 0.25) is 0 Å². The van der Waals surface area contributed by atoms with Crippen molar-refractivity contribution in [3.8, 4) is 0 Å². The van der Waals surface area contributed by atoms with Crippen molar-refractivity contribution >= 4 is 63.9 Å². The molecule has 0 bridgehead atoms. The van der Waals surface area contributed by atoms with Gasteiger partial charge in [-0.3, -0.25) is 38.8 Å². The lowest BCUT2D eigenvalue weighted by Gasteiger charge is -2.38. The van der Waals surface area contributed by atoms with Crippen LogP contribution in [0.4, 0.5) is 11.4 Å². The SMILES string of the molecule is C=C(O)CN1CCN(CC(=O)O)CCN(CC(=O)O)CCN(CC(=O)O)CC1Cc1ccc(NC(=O)CCCCC[N+](C)(C)CCC[n+]2ccc(/C=C3\Sc4ccccc4N3C)c3ccccc32)cc1. The van der Waals surface area contributed by atoms with Gasteiger partial charge in [0.1, 0.15) is 0 Å². The number of hydrogen-bond donors (Lipinski definition) is 5. The number of para-hydroxylation sites is 2. The topological polar surface area (TPSA) is 181 Å². The Hall–Kier alpha value is -5.82. The minimum Gasteiger partial charge on any atom is -0.512 e. The van der Waals surface area contributed by atoms with Crippen molar-refractivity contribution in [2.75, 3.05) is 116 Å². The number of pyridine rings is 1.